The average Bonchev–Trinajstić information content (AvgIpc) is 2.70. The summed E-state index contributed by atoms with van der Waals surface area (Å²) in [6, 6.07) is 0.732. The molecule has 1 aromatic rings. The van der Waals surface area contributed by atoms with E-state index in [1.165, 1.54) is 7.11 Å². The predicted octanol–water partition coefficient (Wildman–Crippen LogP) is 0.989. The van der Waals surface area contributed by atoms with E-state index < -0.39 is 39.5 Å². The van der Waals surface area contributed by atoms with E-state index >= 15 is 0 Å². The zero-order chi connectivity index (χ0) is 26.3. The van der Waals surface area contributed by atoms with Crippen LogP contribution in [-0.4, -0.2) is 58.1 Å². The van der Waals surface area contributed by atoms with Gasteiger partial charge in [0.15, 0.2) is 0 Å². The molecule has 1 aromatic carbocycles. The molecule has 0 radical (unpaired) electrons. The highest BCUT2D eigenvalue weighted by Crippen LogP contribution is 2.30. The number of benzene rings is 1. The standard InChI is InChI=1S/C22H37N5O6S/c1-13-11-17(32-7)14(2)15(3)19(13)34(30,31)27-21(24)25-10-8-9-16(26-18(28)12-23)20(29)33-22(4,5)6/h11,16H,8-10,12,23H2,1-7H3,(H,26,28)(H3,24,25,27)/t16-/m0/s1. The second-order valence-electron chi connectivity index (χ2n) is 8.88. The maximum atomic E-state index is 12.9. The number of carbonyl (C=O) groups excluding carboxylic acids is 2. The van der Waals surface area contributed by atoms with Gasteiger partial charge in [-0.2, -0.15) is 0 Å². The molecule has 0 heterocycles. The van der Waals surface area contributed by atoms with Crippen LogP contribution in [0.1, 0.15) is 50.3 Å². The molecular weight excluding hydrogens is 462 g/mol. The van der Waals surface area contributed by atoms with Crippen molar-refractivity contribution < 1.29 is 27.5 Å². The van der Waals surface area contributed by atoms with Gasteiger partial charge in [-0.15, -0.1) is 0 Å². The lowest BCUT2D eigenvalue weighted by Gasteiger charge is -2.24. The third-order valence-corrected chi connectivity index (χ3v) is 6.53. The fourth-order valence-electron chi connectivity index (χ4n) is 3.26. The van der Waals surface area contributed by atoms with E-state index in [1.54, 1.807) is 47.6 Å². The third-order valence-electron chi connectivity index (χ3n) is 4.89. The van der Waals surface area contributed by atoms with E-state index in [0.717, 1.165) is 0 Å². The molecule has 0 aliphatic rings. The van der Waals surface area contributed by atoms with Crippen LogP contribution < -0.4 is 25.8 Å². The lowest BCUT2D eigenvalue weighted by atomic mass is 10.1. The molecule has 0 saturated carbocycles. The highest BCUT2D eigenvalue weighted by Gasteiger charge is 2.27. The summed E-state index contributed by atoms with van der Waals surface area (Å²) in [6.45, 7) is 10.2. The van der Waals surface area contributed by atoms with Crippen molar-refractivity contribution in [2.75, 3.05) is 20.2 Å². The topological polar surface area (TPSA) is 173 Å². The molecule has 1 amide bonds. The summed E-state index contributed by atoms with van der Waals surface area (Å²) >= 11 is 0. The van der Waals surface area contributed by atoms with Gasteiger partial charge >= 0.3 is 5.97 Å². The Hall–Kier alpha value is -2.86. The van der Waals surface area contributed by atoms with Gasteiger partial charge in [-0.1, -0.05) is 0 Å². The average molecular weight is 500 g/mol. The van der Waals surface area contributed by atoms with Crippen molar-refractivity contribution in [3.63, 3.8) is 0 Å². The van der Waals surface area contributed by atoms with Crippen molar-refractivity contribution in [2.24, 2.45) is 5.73 Å². The van der Waals surface area contributed by atoms with Gasteiger partial charge in [0.05, 0.1) is 18.6 Å². The van der Waals surface area contributed by atoms with Crippen LogP contribution >= 0.6 is 0 Å². The van der Waals surface area contributed by atoms with E-state index in [1.807, 2.05) is 0 Å². The quantitative estimate of drug-likeness (QED) is 0.137. The summed E-state index contributed by atoms with van der Waals surface area (Å²) in [5, 5.41) is 13.2. The summed E-state index contributed by atoms with van der Waals surface area (Å²) in [7, 11) is -2.50. The molecule has 0 aliphatic carbocycles. The Labute approximate surface area is 201 Å². The van der Waals surface area contributed by atoms with Crippen LogP contribution in [0.15, 0.2) is 11.0 Å². The fourth-order valence-corrected chi connectivity index (χ4v) is 4.74. The lowest BCUT2D eigenvalue weighted by Crippen LogP contribution is -2.46. The SMILES string of the molecule is COc1cc(C)c(S(=O)(=O)NC(=N)NCCC[C@H](NC(=O)CN)C(=O)OC(C)(C)C)c(C)c1C. The van der Waals surface area contributed by atoms with E-state index in [9.17, 15) is 18.0 Å². The number of nitrogens with one attached hydrogen (secondary N) is 4. The van der Waals surface area contributed by atoms with Gasteiger partial charge in [-0.25, -0.2) is 17.9 Å². The largest absolute Gasteiger partial charge is 0.496 e. The smallest absolute Gasteiger partial charge is 0.329 e. The van der Waals surface area contributed by atoms with E-state index in [4.69, 9.17) is 20.6 Å². The van der Waals surface area contributed by atoms with Gasteiger partial charge in [-0.3, -0.25) is 10.2 Å². The van der Waals surface area contributed by atoms with Gasteiger partial charge in [0.1, 0.15) is 17.4 Å². The minimum atomic E-state index is -4.01. The molecule has 0 saturated heterocycles. The number of amides is 1. The number of carbonyl (C=O) groups is 2. The molecule has 0 bridgehead atoms. The molecule has 192 valence electrons. The number of methoxy groups -OCH3 is 1. The fraction of sp³-hybridized carbons (Fsp3) is 0.591. The molecule has 0 spiro atoms. The van der Waals surface area contributed by atoms with Crippen molar-refractivity contribution in [1.82, 2.24) is 15.4 Å². The number of nitrogens with two attached hydrogens (primary N) is 1. The molecule has 0 aromatic heterocycles. The minimum absolute atomic E-state index is 0.0897. The van der Waals surface area contributed by atoms with Crippen LogP contribution in [0.5, 0.6) is 5.75 Å². The summed E-state index contributed by atoms with van der Waals surface area (Å²) in [5.74, 6) is -0.911. The molecule has 0 unspecified atom stereocenters. The normalized spacial score (nSPS) is 12.5. The second-order valence-corrected chi connectivity index (χ2v) is 10.5. The van der Waals surface area contributed by atoms with E-state index in [2.05, 4.69) is 15.4 Å². The zero-order valence-corrected chi connectivity index (χ0v) is 21.7. The van der Waals surface area contributed by atoms with Crippen LogP contribution in [0.3, 0.4) is 0 Å². The highest BCUT2D eigenvalue weighted by molar-refractivity contribution is 7.90. The molecule has 0 aliphatic heterocycles. The van der Waals surface area contributed by atoms with Gasteiger partial charge in [0.25, 0.3) is 10.0 Å². The van der Waals surface area contributed by atoms with Crippen LogP contribution in [0.25, 0.3) is 0 Å². The van der Waals surface area contributed by atoms with Gasteiger partial charge in [0, 0.05) is 6.54 Å². The summed E-state index contributed by atoms with van der Waals surface area (Å²) in [6.07, 6.45) is 0.558. The van der Waals surface area contributed by atoms with Gasteiger partial charge in [-0.05, 0) is 77.1 Å². The number of rotatable bonds is 10. The first-order valence-corrected chi connectivity index (χ1v) is 12.3. The van der Waals surface area contributed by atoms with E-state index in [0.29, 0.717) is 28.9 Å². The Kier molecular flexibility index (Phi) is 10.3. The second kappa shape index (κ2) is 12.0. The van der Waals surface area contributed by atoms with Crippen LogP contribution in [-0.2, 0) is 24.3 Å². The first-order valence-electron chi connectivity index (χ1n) is 10.8. The molecule has 0 fully saturated rings. The summed E-state index contributed by atoms with van der Waals surface area (Å²) < 4.78 is 38.6. The number of hydrogen-bond donors (Lipinski definition) is 5. The number of esters is 1. The lowest BCUT2D eigenvalue weighted by molar-refractivity contribution is -0.158. The van der Waals surface area contributed by atoms with E-state index in [-0.39, 0.29) is 24.4 Å². The zero-order valence-electron chi connectivity index (χ0n) is 20.9. The monoisotopic (exact) mass is 499 g/mol. The van der Waals surface area contributed by atoms with Gasteiger partial charge in [0.2, 0.25) is 11.9 Å². The van der Waals surface area contributed by atoms with Crippen molar-refractivity contribution >= 4 is 27.9 Å². The molecular formula is C22H37N5O6S. The molecule has 11 nitrogen and oxygen atoms in total. The first kappa shape index (κ1) is 29.2. The Morgan fingerprint density at radius 1 is 1.18 bits per heavy atom. The van der Waals surface area contributed by atoms with Crippen LogP contribution in [0.4, 0.5) is 0 Å². The highest BCUT2D eigenvalue weighted by atomic mass is 32.2. The number of aryl methyl sites for hydroxylation is 1. The maximum absolute atomic E-state index is 12.9. The molecule has 1 atom stereocenters. The first-order chi connectivity index (χ1) is 15.6. The van der Waals surface area contributed by atoms with Crippen molar-refractivity contribution in [2.45, 2.75) is 70.9 Å². The molecule has 1 rings (SSSR count). The Balaban J connectivity index is 2.77. The molecule has 12 heteroatoms. The van der Waals surface area contributed by atoms with Crippen LogP contribution in [0.2, 0.25) is 0 Å². The Morgan fingerprint density at radius 2 is 1.79 bits per heavy atom. The van der Waals surface area contributed by atoms with Crippen LogP contribution in [0, 0.1) is 26.2 Å². The predicted molar refractivity (Wildman–Crippen MR) is 129 cm³/mol. The Bertz CT molecular complexity index is 1020. The third kappa shape index (κ3) is 8.49. The number of hydrogen-bond acceptors (Lipinski definition) is 8. The van der Waals surface area contributed by atoms with Gasteiger partial charge < -0.3 is 25.8 Å². The molecule has 6 N–H and O–H groups in total. The number of ether oxygens (including phenoxy) is 2. The summed E-state index contributed by atoms with van der Waals surface area (Å²) in [5.41, 5.74) is 6.32. The van der Waals surface area contributed by atoms with Crippen molar-refractivity contribution in [1.29, 1.82) is 5.41 Å². The Morgan fingerprint density at radius 3 is 2.32 bits per heavy atom. The number of sulfonamides is 1. The number of guanidine groups is 1. The molecule has 34 heavy (non-hydrogen) atoms. The minimum Gasteiger partial charge on any atom is -0.496 e. The summed E-state index contributed by atoms with van der Waals surface area (Å²) in [4.78, 5) is 24.1. The maximum Gasteiger partial charge on any atom is 0.329 e. The van der Waals surface area contributed by atoms with Crippen molar-refractivity contribution in [3.8, 4) is 5.75 Å². The van der Waals surface area contributed by atoms with Crippen molar-refractivity contribution in [3.05, 3.63) is 22.8 Å².